The summed E-state index contributed by atoms with van der Waals surface area (Å²) in [6, 6.07) is 9.03. The Hall–Kier alpha value is -1.98. The SMILES string of the molecule is O=C1Nc2cc(Cl)ccc2/C1=C\c1cc2c(cc1Br)OCO2. The van der Waals surface area contributed by atoms with Crippen molar-refractivity contribution in [2.45, 2.75) is 0 Å². The van der Waals surface area contributed by atoms with Crippen LogP contribution in [-0.2, 0) is 4.79 Å². The molecular weight excluding hydrogens is 370 g/mol. The van der Waals surface area contributed by atoms with E-state index in [0.29, 0.717) is 22.1 Å². The summed E-state index contributed by atoms with van der Waals surface area (Å²) in [4.78, 5) is 12.2. The van der Waals surface area contributed by atoms with E-state index in [9.17, 15) is 4.79 Å². The number of anilines is 1. The van der Waals surface area contributed by atoms with Crippen molar-refractivity contribution < 1.29 is 14.3 Å². The van der Waals surface area contributed by atoms with Gasteiger partial charge in [0.25, 0.3) is 5.91 Å². The van der Waals surface area contributed by atoms with E-state index in [-0.39, 0.29) is 12.7 Å². The number of halogens is 2. The van der Waals surface area contributed by atoms with Gasteiger partial charge < -0.3 is 14.8 Å². The van der Waals surface area contributed by atoms with Crippen molar-refractivity contribution in [2.24, 2.45) is 0 Å². The highest BCUT2D eigenvalue weighted by atomic mass is 79.9. The number of hydrogen-bond acceptors (Lipinski definition) is 3. The second kappa shape index (κ2) is 5.04. The number of amides is 1. The molecule has 4 rings (SSSR count). The minimum atomic E-state index is -0.151. The Morgan fingerprint density at radius 2 is 1.95 bits per heavy atom. The number of nitrogens with one attached hydrogen (secondary N) is 1. The van der Waals surface area contributed by atoms with Crippen LogP contribution in [0.15, 0.2) is 34.8 Å². The minimum Gasteiger partial charge on any atom is -0.454 e. The van der Waals surface area contributed by atoms with Crippen LogP contribution in [0.1, 0.15) is 11.1 Å². The van der Waals surface area contributed by atoms with Gasteiger partial charge in [-0.05, 0) is 35.9 Å². The Kier molecular flexibility index (Phi) is 3.13. The molecule has 2 aromatic carbocycles. The van der Waals surface area contributed by atoms with Gasteiger partial charge in [0.1, 0.15) is 0 Å². The molecule has 2 aliphatic rings. The number of ether oxygens (including phenoxy) is 2. The first-order chi connectivity index (χ1) is 10.6. The van der Waals surface area contributed by atoms with Crippen molar-refractivity contribution in [2.75, 3.05) is 12.1 Å². The summed E-state index contributed by atoms with van der Waals surface area (Å²) in [7, 11) is 0. The first-order valence-electron chi connectivity index (χ1n) is 6.54. The number of rotatable bonds is 1. The molecule has 1 N–H and O–H groups in total. The van der Waals surface area contributed by atoms with Crippen LogP contribution in [0.25, 0.3) is 11.6 Å². The third kappa shape index (κ3) is 2.17. The molecule has 0 spiro atoms. The first kappa shape index (κ1) is 13.7. The lowest BCUT2D eigenvalue weighted by molar-refractivity contribution is -0.110. The zero-order valence-corrected chi connectivity index (χ0v) is 13.5. The van der Waals surface area contributed by atoms with Gasteiger partial charge in [0.15, 0.2) is 11.5 Å². The molecule has 0 aromatic heterocycles. The summed E-state index contributed by atoms with van der Waals surface area (Å²) in [5.41, 5.74) is 2.99. The fourth-order valence-corrected chi connectivity index (χ4v) is 3.12. The van der Waals surface area contributed by atoms with Crippen LogP contribution in [0.4, 0.5) is 5.69 Å². The quantitative estimate of drug-likeness (QED) is 0.752. The van der Waals surface area contributed by atoms with E-state index in [0.717, 1.165) is 21.3 Å². The van der Waals surface area contributed by atoms with Gasteiger partial charge in [-0.25, -0.2) is 0 Å². The van der Waals surface area contributed by atoms with Gasteiger partial charge in [-0.15, -0.1) is 0 Å². The zero-order valence-electron chi connectivity index (χ0n) is 11.2. The molecule has 0 fully saturated rings. The van der Waals surface area contributed by atoms with Crippen LogP contribution >= 0.6 is 27.5 Å². The van der Waals surface area contributed by atoms with Crippen LogP contribution in [0.3, 0.4) is 0 Å². The molecule has 0 unspecified atom stereocenters. The molecule has 6 heteroatoms. The topological polar surface area (TPSA) is 47.6 Å². The number of carbonyl (C=O) groups is 1. The summed E-state index contributed by atoms with van der Waals surface area (Å²) in [6.07, 6.45) is 1.82. The molecule has 0 saturated heterocycles. The van der Waals surface area contributed by atoms with E-state index in [1.807, 2.05) is 24.3 Å². The van der Waals surface area contributed by atoms with E-state index in [2.05, 4.69) is 21.2 Å². The third-order valence-corrected chi connectivity index (χ3v) is 4.48. The lowest BCUT2D eigenvalue weighted by Crippen LogP contribution is -2.03. The molecule has 0 bridgehead atoms. The Bertz CT molecular complexity index is 848. The zero-order chi connectivity index (χ0) is 15.3. The highest BCUT2D eigenvalue weighted by Gasteiger charge is 2.25. The molecule has 0 aliphatic carbocycles. The maximum absolute atomic E-state index is 12.2. The van der Waals surface area contributed by atoms with Crippen molar-refractivity contribution in [3.8, 4) is 11.5 Å². The first-order valence-corrected chi connectivity index (χ1v) is 7.71. The fraction of sp³-hybridized carbons (Fsp3) is 0.0625. The second-order valence-electron chi connectivity index (χ2n) is 4.93. The van der Waals surface area contributed by atoms with Gasteiger partial charge >= 0.3 is 0 Å². The average Bonchev–Trinajstić information content (AvgIpc) is 3.03. The van der Waals surface area contributed by atoms with Crippen molar-refractivity contribution in [3.63, 3.8) is 0 Å². The van der Waals surface area contributed by atoms with E-state index < -0.39 is 0 Å². The molecule has 0 radical (unpaired) electrons. The van der Waals surface area contributed by atoms with Crippen LogP contribution in [-0.4, -0.2) is 12.7 Å². The van der Waals surface area contributed by atoms with Crippen LogP contribution in [0.5, 0.6) is 11.5 Å². The van der Waals surface area contributed by atoms with Crippen LogP contribution in [0, 0.1) is 0 Å². The number of benzene rings is 2. The molecule has 2 aromatic rings. The molecule has 0 atom stereocenters. The summed E-state index contributed by atoms with van der Waals surface area (Å²) in [5.74, 6) is 1.21. The van der Waals surface area contributed by atoms with E-state index in [1.165, 1.54) is 0 Å². The van der Waals surface area contributed by atoms with Gasteiger partial charge in [0.05, 0.1) is 5.69 Å². The smallest absolute Gasteiger partial charge is 0.256 e. The van der Waals surface area contributed by atoms with Gasteiger partial charge in [-0.1, -0.05) is 33.6 Å². The molecular formula is C16H9BrClNO3. The molecule has 4 nitrogen and oxygen atoms in total. The van der Waals surface area contributed by atoms with Crippen molar-refractivity contribution in [1.29, 1.82) is 0 Å². The highest BCUT2D eigenvalue weighted by molar-refractivity contribution is 9.10. The van der Waals surface area contributed by atoms with Crippen LogP contribution in [0.2, 0.25) is 5.02 Å². The van der Waals surface area contributed by atoms with E-state index >= 15 is 0 Å². The molecule has 0 saturated carbocycles. The second-order valence-corrected chi connectivity index (χ2v) is 6.22. The third-order valence-electron chi connectivity index (χ3n) is 3.56. The largest absolute Gasteiger partial charge is 0.454 e. The fourth-order valence-electron chi connectivity index (χ4n) is 2.51. The van der Waals surface area contributed by atoms with E-state index in [4.69, 9.17) is 21.1 Å². The van der Waals surface area contributed by atoms with Gasteiger partial charge in [0.2, 0.25) is 6.79 Å². The summed E-state index contributed by atoms with van der Waals surface area (Å²) < 4.78 is 11.5. The Labute approximate surface area is 139 Å². The molecule has 1 amide bonds. The van der Waals surface area contributed by atoms with Crippen molar-refractivity contribution in [3.05, 3.63) is 51.0 Å². The lowest BCUT2D eigenvalue weighted by Gasteiger charge is -2.04. The summed E-state index contributed by atoms with van der Waals surface area (Å²) in [5, 5.41) is 3.40. The molecule has 2 aliphatic heterocycles. The van der Waals surface area contributed by atoms with Gasteiger partial charge in [-0.3, -0.25) is 4.79 Å². The van der Waals surface area contributed by atoms with Crippen molar-refractivity contribution in [1.82, 2.24) is 0 Å². The standard InChI is InChI=1S/C16H9BrClNO3/c17-12-6-15-14(21-7-22-15)4-8(12)3-11-10-2-1-9(18)5-13(10)19-16(11)20/h1-6H,7H2,(H,19,20)/b11-3+. The van der Waals surface area contributed by atoms with Crippen LogP contribution < -0.4 is 14.8 Å². The number of fused-ring (bicyclic) bond motifs is 2. The summed E-state index contributed by atoms with van der Waals surface area (Å²) in [6.45, 7) is 0.212. The van der Waals surface area contributed by atoms with E-state index in [1.54, 1.807) is 12.1 Å². The Balaban J connectivity index is 1.83. The Morgan fingerprint density at radius 1 is 1.18 bits per heavy atom. The maximum Gasteiger partial charge on any atom is 0.256 e. The molecule has 22 heavy (non-hydrogen) atoms. The monoisotopic (exact) mass is 377 g/mol. The predicted octanol–water partition coefficient (Wildman–Crippen LogP) is 4.32. The number of hydrogen-bond donors (Lipinski definition) is 1. The average molecular weight is 379 g/mol. The lowest BCUT2D eigenvalue weighted by atomic mass is 10.0. The Morgan fingerprint density at radius 3 is 2.77 bits per heavy atom. The number of carbonyl (C=O) groups excluding carboxylic acids is 1. The normalized spacial score (nSPS) is 16.8. The highest BCUT2D eigenvalue weighted by Crippen LogP contribution is 2.40. The summed E-state index contributed by atoms with van der Waals surface area (Å²) >= 11 is 9.46. The maximum atomic E-state index is 12.2. The molecule has 110 valence electrons. The molecule has 2 heterocycles. The van der Waals surface area contributed by atoms with Gasteiger partial charge in [-0.2, -0.15) is 0 Å². The van der Waals surface area contributed by atoms with Crippen molar-refractivity contribution >= 4 is 50.8 Å². The minimum absolute atomic E-state index is 0.151. The predicted molar refractivity (Wildman–Crippen MR) is 88.2 cm³/mol. The van der Waals surface area contributed by atoms with Gasteiger partial charge in [0, 0.05) is 20.6 Å².